The van der Waals surface area contributed by atoms with Gasteiger partial charge in [-0.25, -0.2) is 13.1 Å². The Hall–Kier alpha value is -0.950. The van der Waals surface area contributed by atoms with Gasteiger partial charge in [-0.1, -0.05) is 19.1 Å². The van der Waals surface area contributed by atoms with Crippen molar-refractivity contribution in [3.8, 4) is 0 Å². The molecule has 118 valence electrons. The summed E-state index contributed by atoms with van der Waals surface area (Å²) in [7, 11) is -1.43. The third kappa shape index (κ3) is 4.03. The fourth-order valence-electron chi connectivity index (χ4n) is 2.76. The van der Waals surface area contributed by atoms with Crippen molar-refractivity contribution in [2.45, 2.75) is 37.2 Å². The highest BCUT2D eigenvalue weighted by atomic mass is 32.2. The largest absolute Gasteiger partial charge is 0.324 e. The molecule has 0 saturated carbocycles. The van der Waals surface area contributed by atoms with E-state index in [1.165, 1.54) is 0 Å². The van der Waals surface area contributed by atoms with Crippen molar-refractivity contribution < 1.29 is 8.42 Å². The molecular formula is C15H25N3O2S. The molecule has 1 aromatic rings. The molecule has 3 atom stereocenters. The molecule has 1 aliphatic rings. The topological polar surface area (TPSA) is 75.4 Å². The minimum Gasteiger partial charge on any atom is -0.324 e. The van der Waals surface area contributed by atoms with Crippen LogP contribution < -0.4 is 10.5 Å². The Morgan fingerprint density at radius 3 is 2.76 bits per heavy atom. The van der Waals surface area contributed by atoms with E-state index in [-0.39, 0.29) is 12.1 Å². The van der Waals surface area contributed by atoms with E-state index < -0.39 is 10.0 Å². The first kappa shape index (κ1) is 16.4. The summed E-state index contributed by atoms with van der Waals surface area (Å²) in [4.78, 5) is 2.52. The summed E-state index contributed by atoms with van der Waals surface area (Å²) in [6, 6.07) is 6.68. The number of nitrogens with zero attached hydrogens (tertiary/aromatic N) is 1. The van der Waals surface area contributed by atoms with Crippen LogP contribution in [0.15, 0.2) is 29.2 Å². The second kappa shape index (κ2) is 6.44. The second-order valence-corrected chi connectivity index (χ2v) is 7.83. The predicted molar refractivity (Wildman–Crippen MR) is 84.4 cm³/mol. The smallest absolute Gasteiger partial charge is 0.240 e. The number of piperidine rings is 1. The average molecular weight is 311 g/mol. The Balaban J connectivity index is 2.17. The molecule has 21 heavy (non-hydrogen) atoms. The first-order valence-electron chi connectivity index (χ1n) is 7.36. The van der Waals surface area contributed by atoms with E-state index in [0.29, 0.717) is 10.8 Å². The standard InChI is InChI=1S/C15H25N3O2S/c1-11-10-18(3)8-7-15(11)17-21(19,20)14-6-4-5-13(9-14)12(2)16/h4-6,9,11-12,15,17H,7-8,10,16H2,1-3H3. The van der Waals surface area contributed by atoms with E-state index in [0.717, 1.165) is 25.1 Å². The van der Waals surface area contributed by atoms with Crippen molar-refractivity contribution in [1.29, 1.82) is 0 Å². The molecule has 1 heterocycles. The van der Waals surface area contributed by atoms with Gasteiger partial charge in [0, 0.05) is 18.6 Å². The molecule has 0 spiro atoms. The monoisotopic (exact) mass is 311 g/mol. The van der Waals surface area contributed by atoms with Gasteiger partial charge in [-0.15, -0.1) is 0 Å². The maximum absolute atomic E-state index is 12.5. The van der Waals surface area contributed by atoms with Crippen LogP contribution >= 0.6 is 0 Å². The molecule has 0 bridgehead atoms. The third-order valence-corrected chi connectivity index (χ3v) is 5.60. The first-order chi connectivity index (χ1) is 9.79. The molecule has 1 saturated heterocycles. The van der Waals surface area contributed by atoms with Crippen molar-refractivity contribution in [2.24, 2.45) is 11.7 Å². The van der Waals surface area contributed by atoms with E-state index in [4.69, 9.17) is 5.73 Å². The van der Waals surface area contributed by atoms with Crippen LogP contribution in [0, 0.1) is 5.92 Å². The second-order valence-electron chi connectivity index (χ2n) is 6.12. The molecule has 6 heteroatoms. The minimum atomic E-state index is -3.49. The molecule has 1 aliphatic heterocycles. The number of sulfonamides is 1. The predicted octanol–water partition coefficient (Wildman–Crippen LogP) is 1.32. The molecule has 1 fully saturated rings. The van der Waals surface area contributed by atoms with E-state index >= 15 is 0 Å². The summed E-state index contributed by atoms with van der Waals surface area (Å²) >= 11 is 0. The molecule has 2 rings (SSSR count). The van der Waals surface area contributed by atoms with Gasteiger partial charge in [0.05, 0.1) is 4.90 Å². The number of hydrogen-bond donors (Lipinski definition) is 2. The molecule has 0 aromatic heterocycles. The van der Waals surface area contributed by atoms with Crippen molar-refractivity contribution in [3.05, 3.63) is 29.8 Å². The highest BCUT2D eigenvalue weighted by Gasteiger charge is 2.28. The van der Waals surface area contributed by atoms with Crippen molar-refractivity contribution in [3.63, 3.8) is 0 Å². The molecule has 3 N–H and O–H groups in total. The first-order valence-corrected chi connectivity index (χ1v) is 8.84. The van der Waals surface area contributed by atoms with Gasteiger partial charge < -0.3 is 10.6 Å². The van der Waals surface area contributed by atoms with Crippen molar-refractivity contribution in [2.75, 3.05) is 20.1 Å². The highest BCUT2D eigenvalue weighted by Crippen LogP contribution is 2.20. The fraction of sp³-hybridized carbons (Fsp3) is 0.600. The zero-order valence-electron chi connectivity index (χ0n) is 12.9. The lowest BCUT2D eigenvalue weighted by molar-refractivity contribution is 0.188. The van der Waals surface area contributed by atoms with Gasteiger partial charge >= 0.3 is 0 Å². The lowest BCUT2D eigenvalue weighted by atomic mass is 9.95. The zero-order chi connectivity index (χ0) is 15.6. The lowest BCUT2D eigenvalue weighted by Crippen LogP contribution is -2.48. The third-order valence-electron chi connectivity index (χ3n) is 4.11. The lowest BCUT2D eigenvalue weighted by Gasteiger charge is -2.34. The normalized spacial score (nSPS) is 25.7. The van der Waals surface area contributed by atoms with Crippen LogP contribution in [-0.2, 0) is 10.0 Å². The van der Waals surface area contributed by atoms with Crippen LogP contribution in [0.5, 0.6) is 0 Å². The quantitative estimate of drug-likeness (QED) is 0.879. The van der Waals surface area contributed by atoms with Gasteiger partial charge in [-0.2, -0.15) is 0 Å². The maximum Gasteiger partial charge on any atom is 0.240 e. The van der Waals surface area contributed by atoms with Gasteiger partial charge in [-0.05, 0) is 50.6 Å². The summed E-state index contributed by atoms with van der Waals surface area (Å²) in [6.07, 6.45) is 0.837. The summed E-state index contributed by atoms with van der Waals surface area (Å²) in [5.41, 5.74) is 6.65. The van der Waals surface area contributed by atoms with Gasteiger partial charge in [0.2, 0.25) is 10.0 Å². The Kier molecular flexibility index (Phi) is 5.03. The molecule has 3 unspecified atom stereocenters. The molecule has 5 nitrogen and oxygen atoms in total. The van der Waals surface area contributed by atoms with Crippen LogP contribution in [0.3, 0.4) is 0 Å². The SMILES string of the molecule is CC(N)c1cccc(S(=O)(=O)NC2CCN(C)CC2C)c1. The summed E-state index contributed by atoms with van der Waals surface area (Å²) in [5.74, 6) is 0.301. The Morgan fingerprint density at radius 2 is 2.14 bits per heavy atom. The summed E-state index contributed by atoms with van der Waals surface area (Å²) in [6.45, 7) is 5.75. The number of rotatable bonds is 4. The van der Waals surface area contributed by atoms with Crippen LogP contribution in [0.2, 0.25) is 0 Å². The number of nitrogens with one attached hydrogen (secondary N) is 1. The van der Waals surface area contributed by atoms with Crippen LogP contribution in [0.25, 0.3) is 0 Å². The number of hydrogen-bond acceptors (Lipinski definition) is 4. The van der Waals surface area contributed by atoms with Gasteiger partial charge in [0.25, 0.3) is 0 Å². The number of benzene rings is 1. The molecule has 0 aliphatic carbocycles. The average Bonchev–Trinajstić information content (AvgIpc) is 2.42. The maximum atomic E-state index is 12.5. The highest BCUT2D eigenvalue weighted by molar-refractivity contribution is 7.89. The van der Waals surface area contributed by atoms with E-state index in [9.17, 15) is 8.42 Å². The van der Waals surface area contributed by atoms with Crippen LogP contribution in [0.4, 0.5) is 0 Å². The molecular weight excluding hydrogens is 286 g/mol. The fourth-order valence-corrected chi connectivity index (χ4v) is 4.20. The van der Waals surface area contributed by atoms with E-state index in [2.05, 4.69) is 23.6 Å². The van der Waals surface area contributed by atoms with Gasteiger partial charge in [-0.3, -0.25) is 0 Å². The van der Waals surface area contributed by atoms with Crippen LogP contribution in [-0.4, -0.2) is 39.5 Å². The Bertz CT molecular complexity index is 586. The molecule has 0 amide bonds. The summed E-state index contributed by atoms with van der Waals surface area (Å²) < 4.78 is 27.9. The van der Waals surface area contributed by atoms with E-state index in [1.54, 1.807) is 18.2 Å². The minimum absolute atomic E-state index is 0.00911. The summed E-state index contributed by atoms with van der Waals surface area (Å²) in [5, 5.41) is 0. The molecule has 0 radical (unpaired) electrons. The van der Waals surface area contributed by atoms with Crippen LogP contribution in [0.1, 0.15) is 31.9 Å². The van der Waals surface area contributed by atoms with Gasteiger partial charge in [0.1, 0.15) is 0 Å². The van der Waals surface area contributed by atoms with Gasteiger partial charge in [0.15, 0.2) is 0 Å². The molecule has 1 aromatic carbocycles. The zero-order valence-corrected chi connectivity index (χ0v) is 13.7. The Labute approximate surface area is 127 Å². The number of likely N-dealkylation sites (tertiary alicyclic amines) is 1. The number of nitrogens with two attached hydrogens (primary N) is 1. The Morgan fingerprint density at radius 1 is 1.43 bits per heavy atom. The van der Waals surface area contributed by atoms with E-state index in [1.807, 2.05) is 13.0 Å². The van der Waals surface area contributed by atoms with Crippen molar-refractivity contribution >= 4 is 10.0 Å². The van der Waals surface area contributed by atoms with Crippen molar-refractivity contribution in [1.82, 2.24) is 9.62 Å².